The van der Waals surface area contributed by atoms with Crippen molar-refractivity contribution in [1.29, 1.82) is 0 Å². The van der Waals surface area contributed by atoms with Gasteiger partial charge < -0.3 is 19.8 Å². The number of amides is 1. The van der Waals surface area contributed by atoms with Crippen molar-refractivity contribution >= 4 is 27.6 Å². The van der Waals surface area contributed by atoms with Crippen LogP contribution in [0.3, 0.4) is 0 Å². The lowest BCUT2D eigenvalue weighted by Gasteiger charge is -2.25. The Morgan fingerprint density at radius 1 is 1.24 bits per heavy atom. The lowest BCUT2D eigenvalue weighted by molar-refractivity contribution is -0.119. The van der Waals surface area contributed by atoms with Crippen LogP contribution in [0, 0.1) is 0 Å². The van der Waals surface area contributed by atoms with Gasteiger partial charge in [0.15, 0.2) is 6.61 Å². The molecule has 1 fully saturated rings. The summed E-state index contributed by atoms with van der Waals surface area (Å²) in [6.07, 6.45) is 1.98. The first kappa shape index (κ1) is 21.0. The third-order valence-electron chi connectivity index (χ3n) is 4.49. The molecule has 1 saturated heterocycles. The highest BCUT2D eigenvalue weighted by Gasteiger charge is 2.28. The number of esters is 1. The molecule has 0 unspecified atom stereocenters. The summed E-state index contributed by atoms with van der Waals surface area (Å²) in [6.45, 7) is 2.66. The Labute approximate surface area is 169 Å². The number of nitrogens with zero attached hydrogens (tertiary/aromatic N) is 1. The van der Waals surface area contributed by atoms with Crippen LogP contribution in [0.25, 0.3) is 0 Å². The Morgan fingerprint density at radius 3 is 2.69 bits per heavy atom. The average molecular weight is 421 g/mol. The van der Waals surface area contributed by atoms with Gasteiger partial charge in [0, 0.05) is 25.0 Å². The van der Waals surface area contributed by atoms with Gasteiger partial charge in [0.1, 0.15) is 10.6 Å². The number of carbonyl (C=O) groups excluding carboxylic acids is 2. The molecule has 156 valence electrons. The molecule has 0 atom stereocenters. The van der Waals surface area contributed by atoms with E-state index < -0.39 is 28.5 Å². The highest BCUT2D eigenvalue weighted by atomic mass is 32.2. The number of hydrogen-bond donors (Lipinski definition) is 2. The van der Waals surface area contributed by atoms with Gasteiger partial charge >= 0.3 is 5.97 Å². The molecule has 2 heterocycles. The lowest BCUT2D eigenvalue weighted by atomic mass is 10.1. The molecule has 29 heavy (non-hydrogen) atoms. The number of aromatic nitrogens is 1. The van der Waals surface area contributed by atoms with E-state index in [4.69, 9.17) is 9.47 Å². The van der Waals surface area contributed by atoms with E-state index in [0.29, 0.717) is 18.9 Å². The van der Waals surface area contributed by atoms with E-state index in [-0.39, 0.29) is 23.7 Å². The van der Waals surface area contributed by atoms with Crippen LogP contribution in [0.2, 0.25) is 0 Å². The van der Waals surface area contributed by atoms with E-state index in [0.717, 1.165) is 12.0 Å². The second kappa shape index (κ2) is 9.21. The Kier molecular flexibility index (Phi) is 6.68. The number of ether oxygens (including phenoxy) is 2. The van der Waals surface area contributed by atoms with Crippen LogP contribution in [0.4, 0.5) is 5.69 Å². The van der Waals surface area contributed by atoms with E-state index in [2.05, 4.69) is 10.3 Å². The number of anilines is 1. The maximum atomic E-state index is 12.6. The third-order valence-corrected chi connectivity index (χ3v) is 6.37. The number of nitrogens with one attached hydrogen (secondary N) is 2. The number of benzene rings is 1. The molecule has 3 rings (SSSR count). The van der Waals surface area contributed by atoms with Gasteiger partial charge in [-0.05, 0) is 24.1 Å². The molecule has 2 aromatic rings. The van der Waals surface area contributed by atoms with E-state index >= 15 is 0 Å². The molecule has 0 bridgehead atoms. The molecular formula is C19H23N3O6S. The number of para-hydroxylation sites is 1. The fraction of sp³-hybridized carbons (Fsp3) is 0.368. The van der Waals surface area contributed by atoms with Crippen molar-refractivity contribution in [2.45, 2.75) is 18.2 Å². The molecule has 0 aliphatic carbocycles. The molecule has 1 aliphatic rings. The van der Waals surface area contributed by atoms with Crippen LogP contribution in [0.1, 0.15) is 23.0 Å². The van der Waals surface area contributed by atoms with Crippen molar-refractivity contribution in [3.63, 3.8) is 0 Å². The summed E-state index contributed by atoms with van der Waals surface area (Å²) in [6, 6.07) is 8.55. The number of aryl methyl sites for hydroxylation is 1. The minimum atomic E-state index is -3.72. The monoisotopic (exact) mass is 421 g/mol. The second-order valence-electron chi connectivity index (χ2n) is 6.40. The number of aromatic amines is 1. The van der Waals surface area contributed by atoms with Crippen LogP contribution < -0.4 is 5.32 Å². The fourth-order valence-corrected chi connectivity index (χ4v) is 4.33. The lowest BCUT2D eigenvalue weighted by Crippen LogP contribution is -2.40. The zero-order valence-electron chi connectivity index (χ0n) is 16.0. The van der Waals surface area contributed by atoms with E-state index in [1.165, 1.54) is 16.6 Å². The molecule has 0 radical (unpaired) electrons. The van der Waals surface area contributed by atoms with Gasteiger partial charge in [-0.15, -0.1) is 0 Å². The summed E-state index contributed by atoms with van der Waals surface area (Å²) in [4.78, 5) is 26.8. The molecule has 1 aliphatic heterocycles. The van der Waals surface area contributed by atoms with E-state index in [1.54, 1.807) is 12.1 Å². The molecule has 1 aromatic carbocycles. The van der Waals surface area contributed by atoms with Gasteiger partial charge in [-0.2, -0.15) is 4.31 Å². The Bertz CT molecular complexity index is 979. The molecular weight excluding hydrogens is 398 g/mol. The average Bonchev–Trinajstić information content (AvgIpc) is 3.24. The zero-order valence-corrected chi connectivity index (χ0v) is 16.8. The van der Waals surface area contributed by atoms with Gasteiger partial charge in [0.25, 0.3) is 5.91 Å². The molecule has 0 spiro atoms. The van der Waals surface area contributed by atoms with Crippen molar-refractivity contribution in [1.82, 2.24) is 9.29 Å². The maximum Gasteiger partial charge on any atom is 0.355 e. The first-order chi connectivity index (χ1) is 13.9. The Morgan fingerprint density at radius 2 is 1.97 bits per heavy atom. The van der Waals surface area contributed by atoms with Crippen molar-refractivity contribution < 1.29 is 27.5 Å². The first-order valence-electron chi connectivity index (χ1n) is 9.23. The first-order valence-corrected chi connectivity index (χ1v) is 10.7. The van der Waals surface area contributed by atoms with Crippen LogP contribution in [0.5, 0.6) is 0 Å². The standard InChI is InChI=1S/C19H23N3O6S/c1-2-14-5-3-4-6-16(14)21-18(23)13-28-19(24)17-11-15(12-20-17)29(25,26)22-7-9-27-10-8-22/h3-6,11-12,20H,2,7-10,13H2,1H3,(H,21,23). The highest BCUT2D eigenvalue weighted by molar-refractivity contribution is 7.89. The largest absolute Gasteiger partial charge is 0.451 e. The van der Waals surface area contributed by atoms with Gasteiger partial charge in [-0.3, -0.25) is 4.79 Å². The topological polar surface area (TPSA) is 118 Å². The number of morpholine rings is 1. The summed E-state index contributed by atoms with van der Waals surface area (Å²) in [7, 11) is -3.72. The predicted octanol–water partition coefficient (Wildman–Crippen LogP) is 1.39. The number of H-pyrrole nitrogens is 1. The molecule has 1 amide bonds. The second-order valence-corrected chi connectivity index (χ2v) is 8.34. The van der Waals surface area contributed by atoms with Crippen LogP contribution >= 0.6 is 0 Å². The Hall–Kier alpha value is -2.69. The number of sulfonamides is 1. The van der Waals surface area contributed by atoms with Crippen molar-refractivity contribution in [2.24, 2.45) is 0 Å². The van der Waals surface area contributed by atoms with E-state index in [9.17, 15) is 18.0 Å². The maximum absolute atomic E-state index is 12.6. The van der Waals surface area contributed by atoms with Crippen molar-refractivity contribution in [3.05, 3.63) is 47.8 Å². The molecule has 1 aromatic heterocycles. The number of rotatable bonds is 7. The summed E-state index contributed by atoms with van der Waals surface area (Å²) < 4.78 is 36.6. The Balaban J connectivity index is 1.58. The number of hydrogen-bond acceptors (Lipinski definition) is 6. The summed E-state index contributed by atoms with van der Waals surface area (Å²) in [5.74, 6) is -1.29. The van der Waals surface area contributed by atoms with Gasteiger partial charge in [-0.1, -0.05) is 25.1 Å². The molecule has 0 saturated carbocycles. The molecule has 10 heteroatoms. The van der Waals surface area contributed by atoms with Gasteiger partial charge in [-0.25, -0.2) is 13.2 Å². The molecule has 2 N–H and O–H groups in total. The minimum absolute atomic E-state index is 0.0346. The highest BCUT2D eigenvalue weighted by Crippen LogP contribution is 2.19. The molecule has 9 nitrogen and oxygen atoms in total. The van der Waals surface area contributed by atoms with Crippen LogP contribution in [0.15, 0.2) is 41.4 Å². The van der Waals surface area contributed by atoms with Crippen LogP contribution in [-0.4, -0.2) is 62.5 Å². The fourth-order valence-electron chi connectivity index (χ4n) is 2.92. The zero-order chi connectivity index (χ0) is 20.9. The van der Waals surface area contributed by atoms with Crippen molar-refractivity contribution in [2.75, 3.05) is 38.2 Å². The third kappa shape index (κ3) is 5.03. The van der Waals surface area contributed by atoms with Crippen LogP contribution in [-0.2, 0) is 30.7 Å². The predicted molar refractivity (Wildman–Crippen MR) is 105 cm³/mol. The summed E-state index contributed by atoms with van der Waals surface area (Å²) in [5, 5.41) is 2.70. The van der Waals surface area contributed by atoms with Gasteiger partial charge in [0.05, 0.1) is 13.2 Å². The van der Waals surface area contributed by atoms with Crippen molar-refractivity contribution in [3.8, 4) is 0 Å². The number of carbonyl (C=O) groups is 2. The summed E-state index contributed by atoms with van der Waals surface area (Å²) >= 11 is 0. The normalized spacial score (nSPS) is 15.1. The van der Waals surface area contributed by atoms with Gasteiger partial charge in [0.2, 0.25) is 10.0 Å². The SMILES string of the molecule is CCc1ccccc1NC(=O)COC(=O)c1cc(S(=O)(=O)N2CCOCC2)c[nH]1. The van der Waals surface area contributed by atoms with E-state index in [1.807, 2.05) is 19.1 Å². The minimum Gasteiger partial charge on any atom is -0.451 e. The summed E-state index contributed by atoms with van der Waals surface area (Å²) in [5.41, 5.74) is 1.59. The quantitative estimate of drug-likeness (QED) is 0.653. The smallest absolute Gasteiger partial charge is 0.355 e.